The van der Waals surface area contributed by atoms with E-state index >= 15 is 0 Å². The van der Waals surface area contributed by atoms with E-state index in [0.29, 0.717) is 5.41 Å². The number of ether oxygens (including phenoxy) is 1. The molecule has 2 atom stereocenters. The van der Waals surface area contributed by atoms with Gasteiger partial charge in [0.15, 0.2) is 0 Å². The summed E-state index contributed by atoms with van der Waals surface area (Å²) in [5, 5.41) is 3.45. The summed E-state index contributed by atoms with van der Waals surface area (Å²) in [6.45, 7) is 9.53. The molecule has 2 unspecified atom stereocenters. The van der Waals surface area contributed by atoms with Crippen molar-refractivity contribution in [3.05, 3.63) is 35.9 Å². The summed E-state index contributed by atoms with van der Waals surface area (Å²) in [4.78, 5) is 0. The lowest BCUT2D eigenvalue weighted by Gasteiger charge is -2.34. The van der Waals surface area contributed by atoms with E-state index in [1.807, 2.05) is 0 Å². The first-order chi connectivity index (χ1) is 13.2. The van der Waals surface area contributed by atoms with Gasteiger partial charge in [-0.3, -0.25) is 0 Å². The van der Waals surface area contributed by atoms with Gasteiger partial charge in [-0.1, -0.05) is 70.4 Å². The summed E-state index contributed by atoms with van der Waals surface area (Å²) in [6.07, 6.45) is 12.4. The lowest BCUT2D eigenvalue weighted by atomic mass is 9.70. The molecule has 2 fully saturated rings. The number of piperidine rings is 1. The van der Waals surface area contributed by atoms with Crippen molar-refractivity contribution in [1.82, 2.24) is 5.32 Å². The van der Waals surface area contributed by atoms with E-state index in [1.165, 1.54) is 70.9 Å². The lowest BCUT2D eigenvalue weighted by Crippen LogP contribution is -2.30. The van der Waals surface area contributed by atoms with E-state index in [4.69, 9.17) is 0 Å². The Kier molecular flexibility index (Phi) is 12.7. The van der Waals surface area contributed by atoms with Gasteiger partial charge >= 0.3 is 0 Å². The van der Waals surface area contributed by atoms with Crippen molar-refractivity contribution >= 4 is 0 Å². The first-order valence-electron chi connectivity index (χ1n) is 11.3. The van der Waals surface area contributed by atoms with E-state index in [1.54, 1.807) is 19.8 Å². The Morgan fingerprint density at radius 2 is 1.30 bits per heavy atom. The molecular formula is C25H45NO. The van der Waals surface area contributed by atoms with Crippen molar-refractivity contribution in [2.45, 2.75) is 84.0 Å². The fraction of sp³-hybridized carbons (Fsp3) is 0.760. The second-order valence-corrected chi connectivity index (χ2v) is 8.51. The van der Waals surface area contributed by atoms with Crippen LogP contribution in [0.1, 0.15) is 84.1 Å². The molecule has 27 heavy (non-hydrogen) atoms. The molecule has 2 nitrogen and oxygen atoms in total. The number of nitrogens with one attached hydrogen (secondary N) is 1. The first-order valence-corrected chi connectivity index (χ1v) is 11.3. The third kappa shape index (κ3) is 8.35. The molecule has 0 radical (unpaired) electrons. The van der Waals surface area contributed by atoms with Gasteiger partial charge in [0.1, 0.15) is 0 Å². The summed E-state index contributed by atoms with van der Waals surface area (Å²) >= 11 is 0. The summed E-state index contributed by atoms with van der Waals surface area (Å²) in [6, 6.07) is 11.1. The molecule has 156 valence electrons. The lowest BCUT2D eigenvalue weighted by molar-refractivity contribution is 0.277. The predicted octanol–water partition coefficient (Wildman–Crippen LogP) is 6.59. The molecule has 0 amide bonds. The zero-order valence-corrected chi connectivity index (χ0v) is 18.7. The van der Waals surface area contributed by atoms with Gasteiger partial charge in [0.05, 0.1) is 0 Å². The summed E-state index contributed by atoms with van der Waals surface area (Å²) in [5.41, 5.74) is 2.00. The van der Waals surface area contributed by atoms with Gasteiger partial charge in [0, 0.05) is 14.2 Å². The van der Waals surface area contributed by atoms with Crippen molar-refractivity contribution in [2.24, 2.45) is 11.8 Å². The fourth-order valence-electron chi connectivity index (χ4n) is 5.08. The number of fused-ring (bicyclic) bond motifs is 2. The van der Waals surface area contributed by atoms with Crippen molar-refractivity contribution in [1.29, 1.82) is 0 Å². The highest BCUT2D eigenvalue weighted by Gasteiger charge is 2.29. The van der Waals surface area contributed by atoms with Crippen LogP contribution >= 0.6 is 0 Å². The molecule has 1 heterocycles. The van der Waals surface area contributed by atoms with Gasteiger partial charge < -0.3 is 10.1 Å². The predicted molar refractivity (Wildman–Crippen MR) is 119 cm³/mol. The highest BCUT2D eigenvalue weighted by Crippen LogP contribution is 2.38. The maximum atomic E-state index is 4.25. The van der Waals surface area contributed by atoms with E-state index in [-0.39, 0.29) is 0 Å². The smallest absolute Gasteiger partial charge is 0.0351 e. The Morgan fingerprint density at radius 3 is 1.67 bits per heavy atom. The average molecular weight is 376 g/mol. The van der Waals surface area contributed by atoms with Gasteiger partial charge in [-0.05, 0) is 74.4 Å². The third-order valence-corrected chi connectivity index (χ3v) is 6.09. The van der Waals surface area contributed by atoms with E-state index in [9.17, 15) is 0 Å². The Bertz CT molecular complexity index is 428. The van der Waals surface area contributed by atoms with Gasteiger partial charge in [-0.25, -0.2) is 0 Å². The van der Waals surface area contributed by atoms with Crippen molar-refractivity contribution in [3.8, 4) is 0 Å². The number of hydrogen-bond donors (Lipinski definition) is 1. The number of methoxy groups -OCH3 is 1. The number of rotatable bonds is 7. The Labute approximate surface area is 169 Å². The molecule has 1 aromatic rings. The molecule has 2 heteroatoms. The zero-order valence-electron chi connectivity index (χ0n) is 18.7. The van der Waals surface area contributed by atoms with E-state index in [2.05, 4.69) is 61.2 Å². The van der Waals surface area contributed by atoms with Gasteiger partial charge in [0.2, 0.25) is 0 Å². The SMILES string of the molecule is C1CC2CNCC1C2.CCCC(CCC)(CCC)c1ccccc1.COC. The van der Waals surface area contributed by atoms with Crippen molar-refractivity contribution in [2.75, 3.05) is 27.3 Å². The normalized spacial score (nSPS) is 20.9. The summed E-state index contributed by atoms with van der Waals surface area (Å²) in [5.74, 6) is 2.10. The van der Waals surface area contributed by atoms with Crippen molar-refractivity contribution < 1.29 is 4.74 Å². The molecule has 0 aromatic heterocycles. The molecule has 0 spiro atoms. The standard InChI is InChI=1S/C16H26.C7H13N.C2H6O/c1-4-12-16(13-5-2,14-6-3)15-10-8-7-9-11-15;1-2-7-3-6(1)4-8-5-7;1-3-2/h7-11H,4-6,12-14H2,1-3H3;6-8H,1-5H2;1-2H3. The maximum absolute atomic E-state index is 4.25. The van der Waals surface area contributed by atoms with Gasteiger partial charge in [-0.2, -0.15) is 0 Å². The van der Waals surface area contributed by atoms with E-state index in [0.717, 1.165) is 11.8 Å². The molecule has 2 bridgehead atoms. The van der Waals surface area contributed by atoms with Crippen LogP contribution in [-0.4, -0.2) is 27.3 Å². The molecule has 1 saturated carbocycles. The molecule has 1 aromatic carbocycles. The van der Waals surface area contributed by atoms with Crippen LogP contribution in [0.5, 0.6) is 0 Å². The highest BCUT2D eigenvalue weighted by molar-refractivity contribution is 5.25. The van der Waals surface area contributed by atoms with Gasteiger partial charge in [0.25, 0.3) is 0 Å². The summed E-state index contributed by atoms with van der Waals surface area (Å²) in [7, 11) is 3.25. The Balaban J connectivity index is 0.000000272. The van der Waals surface area contributed by atoms with Crippen molar-refractivity contribution in [3.63, 3.8) is 0 Å². The highest BCUT2D eigenvalue weighted by atomic mass is 16.4. The molecule has 2 aliphatic rings. The minimum absolute atomic E-state index is 0.444. The maximum Gasteiger partial charge on any atom is 0.0351 e. The fourth-order valence-corrected chi connectivity index (χ4v) is 5.08. The van der Waals surface area contributed by atoms with Crippen LogP contribution in [-0.2, 0) is 10.2 Å². The monoisotopic (exact) mass is 375 g/mol. The second kappa shape index (κ2) is 14.2. The first kappa shape index (κ1) is 24.2. The Morgan fingerprint density at radius 1 is 0.852 bits per heavy atom. The van der Waals surface area contributed by atoms with Crippen LogP contribution in [0.3, 0.4) is 0 Å². The molecular weight excluding hydrogens is 330 g/mol. The van der Waals surface area contributed by atoms with Crippen LogP contribution in [0.2, 0.25) is 0 Å². The van der Waals surface area contributed by atoms with Crippen LogP contribution in [0.25, 0.3) is 0 Å². The number of benzene rings is 1. The minimum Gasteiger partial charge on any atom is -0.388 e. The van der Waals surface area contributed by atoms with Crippen LogP contribution < -0.4 is 5.32 Å². The molecule has 1 aliphatic carbocycles. The second-order valence-electron chi connectivity index (χ2n) is 8.51. The third-order valence-electron chi connectivity index (χ3n) is 6.09. The van der Waals surface area contributed by atoms with E-state index < -0.39 is 0 Å². The number of hydrogen-bond acceptors (Lipinski definition) is 2. The quantitative estimate of drug-likeness (QED) is 0.580. The van der Waals surface area contributed by atoms with Crippen LogP contribution in [0.15, 0.2) is 30.3 Å². The molecule has 3 rings (SSSR count). The zero-order chi connectivity index (χ0) is 20.0. The average Bonchev–Trinajstić information content (AvgIpc) is 3.02. The molecule has 1 N–H and O–H groups in total. The minimum atomic E-state index is 0.444. The van der Waals surface area contributed by atoms with Crippen LogP contribution in [0, 0.1) is 11.8 Å². The van der Waals surface area contributed by atoms with Crippen LogP contribution in [0.4, 0.5) is 0 Å². The summed E-state index contributed by atoms with van der Waals surface area (Å²) < 4.78 is 4.25. The largest absolute Gasteiger partial charge is 0.388 e. The molecule has 1 saturated heterocycles. The molecule has 1 aliphatic heterocycles. The Hall–Kier alpha value is -0.860. The van der Waals surface area contributed by atoms with Gasteiger partial charge in [-0.15, -0.1) is 0 Å². The topological polar surface area (TPSA) is 21.3 Å².